The second kappa shape index (κ2) is 3.35. The highest BCUT2D eigenvalue weighted by molar-refractivity contribution is 6.31. The van der Waals surface area contributed by atoms with Crippen molar-refractivity contribution >= 4 is 34.1 Å². The minimum absolute atomic E-state index is 0.0918. The molecule has 1 aromatic carbocycles. The van der Waals surface area contributed by atoms with Gasteiger partial charge in [-0.2, -0.15) is 0 Å². The van der Waals surface area contributed by atoms with E-state index in [1.807, 2.05) is 12.1 Å². The maximum Gasteiger partial charge on any atom is 0.221 e. The molecule has 0 spiro atoms. The van der Waals surface area contributed by atoms with Crippen LogP contribution in [0.5, 0.6) is 0 Å². The van der Waals surface area contributed by atoms with E-state index < -0.39 is 0 Å². The van der Waals surface area contributed by atoms with Crippen molar-refractivity contribution in [3.8, 4) is 0 Å². The van der Waals surface area contributed by atoms with Gasteiger partial charge >= 0.3 is 0 Å². The van der Waals surface area contributed by atoms with Crippen LogP contribution in [0.4, 0.5) is 5.69 Å². The minimum atomic E-state index is -0.0918. The molecule has 0 atom stereocenters. The number of aromatic amines is 1. The van der Waals surface area contributed by atoms with E-state index in [0.717, 1.165) is 16.6 Å². The number of H-pyrrole nitrogens is 1. The molecule has 0 saturated heterocycles. The summed E-state index contributed by atoms with van der Waals surface area (Å²) in [5, 5.41) is 4.31. The highest BCUT2D eigenvalue weighted by atomic mass is 35.5. The third-order valence-electron chi connectivity index (χ3n) is 1.95. The van der Waals surface area contributed by atoms with Crippen LogP contribution in [0.25, 0.3) is 10.9 Å². The fraction of sp³-hybridized carbons (Fsp3) is 0.100. The topological polar surface area (TPSA) is 44.9 Å². The molecule has 0 aliphatic heterocycles. The lowest BCUT2D eigenvalue weighted by Gasteiger charge is -1.98. The number of halogens is 1. The zero-order valence-electron chi connectivity index (χ0n) is 7.60. The molecule has 1 amide bonds. The van der Waals surface area contributed by atoms with Gasteiger partial charge < -0.3 is 10.3 Å². The standard InChI is InChI=1S/C10H9ClN2O/c1-6(14)13-10-5-12-9-3-2-7(11)4-8(9)10/h2-5,12H,1H3,(H,13,14). The summed E-state index contributed by atoms with van der Waals surface area (Å²) in [5.41, 5.74) is 1.72. The van der Waals surface area contributed by atoms with Gasteiger partial charge in [-0.25, -0.2) is 0 Å². The van der Waals surface area contributed by atoms with Crippen molar-refractivity contribution in [2.24, 2.45) is 0 Å². The first-order valence-electron chi connectivity index (χ1n) is 4.21. The Balaban J connectivity index is 2.55. The number of carbonyl (C=O) groups excluding carboxylic acids is 1. The lowest BCUT2D eigenvalue weighted by Crippen LogP contribution is -2.04. The second-order valence-electron chi connectivity index (χ2n) is 3.07. The van der Waals surface area contributed by atoms with E-state index in [0.29, 0.717) is 5.02 Å². The molecule has 2 aromatic rings. The smallest absolute Gasteiger partial charge is 0.221 e. The van der Waals surface area contributed by atoms with Gasteiger partial charge in [0.2, 0.25) is 5.91 Å². The molecule has 4 heteroatoms. The van der Waals surface area contributed by atoms with Gasteiger partial charge in [-0.15, -0.1) is 0 Å². The first-order chi connectivity index (χ1) is 6.66. The molecule has 14 heavy (non-hydrogen) atoms. The molecule has 0 unspecified atom stereocenters. The largest absolute Gasteiger partial charge is 0.359 e. The average molecular weight is 209 g/mol. The monoisotopic (exact) mass is 208 g/mol. The zero-order valence-corrected chi connectivity index (χ0v) is 8.35. The van der Waals surface area contributed by atoms with E-state index in [2.05, 4.69) is 10.3 Å². The Morgan fingerprint density at radius 1 is 1.50 bits per heavy atom. The summed E-state index contributed by atoms with van der Waals surface area (Å²) in [6, 6.07) is 5.50. The SMILES string of the molecule is CC(=O)Nc1c[nH]c2ccc(Cl)cc12. The molecule has 0 bridgehead atoms. The summed E-state index contributed by atoms with van der Waals surface area (Å²) >= 11 is 5.86. The quantitative estimate of drug-likeness (QED) is 0.744. The molecular formula is C10H9ClN2O. The van der Waals surface area contributed by atoms with Gasteiger partial charge in [0.15, 0.2) is 0 Å². The fourth-order valence-corrected chi connectivity index (χ4v) is 1.56. The second-order valence-corrected chi connectivity index (χ2v) is 3.51. The van der Waals surface area contributed by atoms with Crippen LogP contribution in [0, 0.1) is 0 Å². The van der Waals surface area contributed by atoms with Crippen molar-refractivity contribution in [1.82, 2.24) is 4.98 Å². The summed E-state index contributed by atoms with van der Waals surface area (Å²) in [7, 11) is 0. The van der Waals surface area contributed by atoms with Gasteiger partial charge in [-0.05, 0) is 18.2 Å². The number of fused-ring (bicyclic) bond motifs is 1. The lowest BCUT2D eigenvalue weighted by atomic mass is 10.2. The third-order valence-corrected chi connectivity index (χ3v) is 2.19. The lowest BCUT2D eigenvalue weighted by molar-refractivity contribution is -0.114. The summed E-state index contributed by atoms with van der Waals surface area (Å²) < 4.78 is 0. The minimum Gasteiger partial charge on any atom is -0.359 e. The van der Waals surface area contributed by atoms with Gasteiger partial charge in [0.1, 0.15) is 0 Å². The number of hydrogen-bond acceptors (Lipinski definition) is 1. The van der Waals surface area contributed by atoms with Crippen molar-refractivity contribution in [2.45, 2.75) is 6.92 Å². The number of nitrogens with one attached hydrogen (secondary N) is 2. The van der Waals surface area contributed by atoms with Crippen LogP contribution in [0.1, 0.15) is 6.92 Å². The number of anilines is 1. The Bertz CT molecular complexity index is 490. The van der Waals surface area contributed by atoms with Crippen molar-refractivity contribution in [2.75, 3.05) is 5.32 Å². The number of rotatable bonds is 1. The van der Waals surface area contributed by atoms with Crippen LogP contribution >= 0.6 is 11.6 Å². The molecular weight excluding hydrogens is 200 g/mol. The molecule has 0 fully saturated rings. The summed E-state index contributed by atoms with van der Waals surface area (Å²) in [6.07, 6.45) is 1.75. The zero-order chi connectivity index (χ0) is 10.1. The molecule has 0 aliphatic carbocycles. The van der Waals surface area contributed by atoms with E-state index in [-0.39, 0.29) is 5.91 Å². The van der Waals surface area contributed by atoms with Crippen molar-refractivity contribution in [1.29, 1.82) is 0 Å². The molecule has 0 saturated carbocycles. The third kappa shape index (κ3) is 1.59. The predicted octanol–water partition coefficient (Wildman–Crippen LogP) is 2.78. The molecule has 2 rings (SSSR count). The normalized spacial score (nSPS) is 10.4. The maximum absolute atomic E-state index is 10.9. The van der Waals surface area contributed by atoms with Crippen LogP contribution < -0.4 is 5.32 Å². The number of amides is 1. The molecule has 0 radical (unpaired) electrons. The van der Waals surface area contributed by atoms with E-state index >= 15 is 0 Å². The average Bonchev–Trinajstić information content (AvgIpc) is 2.47. The number of carbonyl (C=O) groups is 1. The highest BCUT2D eigenvalue weighted by Crippen LogP contribution is 2.25. The van der Waals surface area contributed by atoms with E-state index in [9.17, 15) is 4.79 Å². The molecule has 3 nitrogen and oxygen atoms in total. The van der Waals surface area contributed by atoms with Crippen LogP contribution in [0.2, 0.25) is 5.02 Å². The van der Waals surface area contributed by atoms with Crippen LogP contribution in [-0.4, -0.2) is 10.9 Å². The number of aromatic nitrogens is 1. The van der Waals surface area contributed by atoms with Crippen molar-refractivity contribution in [3.05, 3.63) is 29.4 Å². The summed E-state index contributed by atoms with van der Waals surface area (Å²) in [4.78, 5) is 13.9. The van der Waals surface area contributed by atoms with E-state index in [1.165, 1.54) is 6.92 Å². The summed E-state index contributed by atoms with van der Waals surface area (Å²) in [6.45, 7) is 1.48. The first-order valence-corrected chi connectivity index (χ1v) is 4.59. The van der Waals surface area contributed by atoms with Crippen molar-refractivity contribution < 1.29 is 4.79 Å². The Morgan fingerprint density at radius 2 is 2.29 bits per heavy atom. The van der Waals surface area contributed by atoms with Crippen LogP contribution in [0.3, 0.4) is 0 Å². The first kappa shape index (κ1) is 9.09. The van der Waals surface area contributed by atoms with Crippen LogP contribution in [0.15, 0.2) is 24.4 Å². The van der Waals surface area contributed by atoms with E-state index in [4.69, 9.17) is 11.6 Å². The van der Waals surface area contributed by atoms with Gasteiger partial charge in [0.25, 0.3) is 0 Å². The van der Waals surface area contributed by atoms with E-state index in [1.54, 1.807) is 12.3 Å². The molecule has 72 valence electrons. The predicted molar refractivity (Wildman–Crippen MR) is 57.6 cm³/mol. The highest BCUT2D eigenvalue weighted by Gasteiger charge is 2.04. The number of benzene rings is 1. The van der Waals surface area contributed by atoms with Gasteiger partial charge in [-0.1, -0.05) is 11.6 Å². The Morgan fingerprint density at radius 3 is 3.00 bits per heavy atom. The van der Waals surface area contributed by atoms with Gasteiger partial charge in [0.05, 0.1) is 5.69 Å². The molecule has 2 N–H and O–H groups in total. The molecule has 1 heterocycles. The van der Waals surface area contributed by atoms with Gasteiger partial charge in [-0.3, -0.25) is 4.79 Å². The Labute approximate surface area is 86.1 Å². The molecule has 0 aliphatic rings. The van der Waals surface area contributed by atoms with Crippen LogP contribution in [-0.2, 0) is 4.79 Å². The summed E-state index contributed by atoms with van der Waals surface area (Å²) in [5.74, 6) is -0.0918. The Hall–Kier alpha value is -1.48. The fourth-order valence-electron chi connectivity index (χ4n) is 1.39. The molecule has 1 aromatic heterocycles. The van der Waals surface area contributed by atoms with Gasteiger partial charge in [0, 0.05) is 29.0 Å². The Kier molecular flexibility index (Phi) is 2.17. The van der Waals surface area contributed by atoms with Crippen molar-refractivity contribution in [3.63, 3.8) is 0 Å². The maximum atomic E-state index is 10.9. The number of hydrogen-bond donors (Lipinski definition) is 2.